The van der Waals surface area contributed by atoms with Crippen molar-refractivity contribution in [3.05, 3.63) is 0 Å². The van der Waals surface area contributed by atoms with Crippen LogP contribution in [-0.2, 0) is 4.79 Å². The van der Waals surface area contributed by atoms with Crippen LogP contribution in [0.25, 0.3) is 0 Å². The van der Waals surface area contributed by atoms with Crippen molar-refractivity contribution in [3.63, 3.8) is 0 Å². The van der Waals surface area contributed by atoms with Gasteiger partial charge in [-0.3, -0.25) is 9.69 Å². The van der Waals surface area contributed by atoms with Gasteiger partial charge < -0.3 is 20.4 Å². The normalized spacial score (nSPS) is 46.7. The molecule has 4 rings (SSSR count). The van der Waals surface area contributed by atoms with E-state index in [0.717, 1.165) is 64.3 Å². The summed E-state index contributed by atoms with van der Waals surface area (Å²) in [7, 11) is 1.86. The van der Waals surface area contributed by atoms with Crippen molar-refractivity contribution >= 4 is 35.5 Å². The third-order valence-electron chi connectivity index (χ3n) is 11.1. The molecule has 4 aliphatic rings. The van der Waals surface area contributed by atoms with Gasteiger partial charge in [-0.2, -0.15) is 0 Å². The molecule has 34 heavy (non-hydrogen) atoms. The Labute approximate surface area is 228 Å². The van der Waals surface area contributed by atoms with Gasteiger partial charge in [-0.1, -0.05) is 20.8 Å². The van der Waals surface area contributed by atoms with Gasteiger partial charge in [-0.25, -0.2) is 0 Å². The number of nitrogens with zero attached hydrogens (tertiary/aromatic N) is 1. The predicted molar refractivity (Wildman–Crippen MR) is 135 cm³/mol. The number of rotatable bonds is 7. The molecular weight excluding hydrogens is 441 g/mol. The third-order valence-corrected chi connectivity index (χ3v) is 11.1. The van der Waals surface area contributed by atoms with Gasteiger partial charge in [0, 0.05) is 0 Å². The number of hydrogen-bond acceptors (Lipinski definition) is 5. The van der Waals surface area contributed by atoms with E-state index in [2.05, 4.69) is 20.8 Å². The molecule has 0 heterocycles. The van der Waals surface area contributed by atoms with Crippen LogP contribution in [-0.4, -0.2) is 99.3 Å². The molecule has 0 spiro atoms. The zero-order valence-corrected chi connectivity index (χ0v) is 21.1. The summed E-state index contributed by atoms with van der Waals surface area (Å²) in [5, 5.41) is 42.3. The maximum absolute atomic E-state index is 11.6. The quantitative estimate of drug-likeness (QED) is 0.410. The molecule has 4 aliphatic carbocycles. The van der Waals surface area contributed by atoms with E-state index < -0.39 is 5.97 Å². The molecule has 0 bridgehead atoms. The fourth-order valence-corrected chi connectivity index (χ4v) is 9.33. The summed E-state index contributed by atoms with van der Waals surface area (Å²) >= 11 is 0. The molecule has 4 fully saturated rings. The summed E-state index contributed by atoms with van der Waals surface area (Å²) in [5.41, 5.74) is -0.0459. The molecule has 0 saturated heterocycles. The van der Waals surface area contributed by atoms with Crippen molar-refractivity contribution in [1.29, 1.82) is 0 Å². The van der Waals surface area contributed by atoms with E-state index in [0.29, 0.717) is 29.6 Å². The average molecular weight is 490 g/mol. The van der Waals surface area contributed by atoms with Gasteiger partial charge in [0.25, 0.3) is 0 Å². The van der Waals surface area contributed by atoms with E-state index in [1.54, 1.807) is 0 Å². The molecule has 0 aromatic rings. The number of aliphatic hydroxyl groups is 3. The molecule has 0 aliphatic heterocycles. The van der Waals surface area contributed by atoms with Gasteiger partial charge in [0.2, 0.25) is 0 Å². The van der Waals surface area contributed by atoms with Crippen LogP contribution in [0, 0.1) is 46.3 Å². The average Bonchev–Trinajstić information content (AvgIpc) is 3.08. The molecule has 0 aromatic heterocycles. The van der Waals surface area contributed by atoms with Crippen LogP contribution in [0.15, 0.2) is 0 Å². The first kappa shape index (κ1) is 28.9. The molecule has 4 N–H and O–H groups in total. The second kappa shape index (κ2) is 11.0. The Bertz CT molecular complexity index is 723. The van der Waals surface area contributed by atoms with Crippen LogP contribution >= 0.6 is 0 Å². The minimum absolute atomic E-state index is 0. The summed E-state index contributed by atoms with van der Waals surface area (Å²) in [4.78, 5) is 12.8. The number of hydrogen-bond donors (Lipinski definition) is 4. The SMILES string of the molecule is C[C@H](CCCN(C)CC(=O)O)[C@H]1CC[C@H]2[C@@H]3[C@H](O)C[C@@H]4C[C@H](O)CC[C@]4(C)[C@H]3C[C@H](O)[C@]12C.[NaH]. The van der Waals surface area contributed by atoms with Gasteiger partial charge in [0.1, 0.15) is 0 Å². The van der Waals surface area contributed by atoms with Crippen LogP contribution in [0.5, 0.6) is 0 Å². The van der Waals surface area contributed by atoms with E-state index in [1.807, 2.05) is 11.9 Å². The van der Waals surface area contributed by atoms with Crippen LogP contribution in [0.2, 0.25) is 0 Å². The topological polar surface area (TPSA) is 101 Å². The van der Waals surface area contributed by atoms with E-state index in [4.69, 9.17) is 5.11 Å². The number of fused-ring (bicyclic) bond motifs is 5. The first-order chi connectivity index (χ1) is 15.5. The minimum atomic E-state index is -0.786. The van der Waals surface area contributed by atoms with Crippen LogP contribution in [0.4, 0.5) is 0 Å². The molecule has 0 amide bonds. The first-order valence-corrected chi connectivity index (χ1v) is 13.4. The Morgan fingerprint density at radius 3 is 2.44 bits per heavy atom. The summed E-state index contributed by atoms with van der Waals surface area (Å²) < 4.78 is 0. The molecule has 11 atom stereocenters. The van der Waals surface area contributed by atoms with Gasteiger partial charge in [0.05, 0.1) is 24.9 Å². The summed E-state index contributed by atoms with van der Waals surface area (Å²) in [6.45, 7) is 7.85. The van der Waals surface area contributed by atoms with Crippen LogP contribution in [0.3, 0.4) is 0 Å². The van der Waals surface area contributed by atoms with Crippen molar-refractivity contribution < 1.29 is 25.2 Å². The maximum atomic E-state index is 11.6. The number of carbonyl (C=O) groups is 1. The van der Waals surface area contributed by atoms with Crippen molar-refractivity contribution in [2.75, 3.05) is 20.1 Å². The predicted octanol–water partition coefficient (Wildman–Crippen LogP) is 2.73. The van der Waals surface area contributed by atoms with Crippen molar-refractivity contribution in [2.45, 2.75) is 96.9 Å². The van der Waals surface area contributed by atoms with Gasteiger partial charge >= 0.3 is 35.5 Å². The molecule has 192 valence electrons. The zero-order valence-electron chi connectivity index (χ0n) is 21.1. The monoisotopic (exact) mass is 489 g/mol. The van der Waals surface area contributed by atoms with Crippen LogP contribution in [0.1, 0.15) is 78.6 Å². The summed E-state index contributed by atoms with van der Waals surface area (Å²) in [6.07, 6.45) is 7.52. The van der Waals surface area contributed by atoms with E-state index in [1.165, 1.54) is 0 Å². The fourth-order valence-electron chi connectivity index (χ4n) is 9.33. The molecule has 4 saturated carbocycles. The molecule has 6 nitrogen and oxygen atoms in total. The van der Waals surface area contributed by atoms with E-state index in [-0.39, 0.29) is 71.2 Å². The Morgan fingerprint density at radius 1 is 1.06 bits per heavy atom. The fraction of sp³-hybridized carbons (Fsp3) is 0.963. The van der Waals surface area contributed by atoms with E-state index >= 15 is 0 Å². The van der Waals surface area contributed by atoms with Crippen molar-refractivity contribution in [1.82, 2.24) is 4.90 Å². The zero-order chi connectivity index (χ0) is 24.1. The first-order valence-electron chi connectivity index (χ1n) is 13.4. The van der Waals surface area contributed by atoms with Crippen molar-refractivity contribution in [2.24, 2.45) is 46.3 Å². The number of carboxylic acids is 1. The number of aliphatic hydroxyl groups excluding tert-OH is 3. The summed E-state index contributed by atoms with van der Waals surface area (Å²) in [5.74, 6) is 1.43. The Balaban J connectivity index is 0.00000324. The molecule has 0 unspecified atom stereocenters. The second-order valence-corrected chi connectivity index (χ2v) is 12.8. The number of aliphatic carboxylic acids is 1. The second-order valence-electron chi connectivity index (χ2n) is 12.8. The Kier molecular flexibility index (Phi) is 9.31. The van der Waals surface area contributed by atoms with Crippen LogP contribution < -0.4 is 0 Å². The number of likely N-dealkylation sites (N-methyl/N-ethyl adjacent to an activating group) is 1. The van der Waals surface area contributed by atoms with E-state index in [9.17, 15) is 20.1 Å². The Morgan fingerprint density at radius 2 is 1.76 bits per heavy atom. The Hall–Kier alpha value is 0.310. The molecular formula is C27H48NNaO5. The number of carboxylic acid groups (broad SMARTS) is 1. The van der Waals surface area contributed by atoms with Crippen molar-refractivity contribution in [3.8, 4) is 0 Å². The van der Waals surface area contributed by atoms with Gasteiger partial charge in [0.15, 0.2) is 0 Å². The molecule has 7 heteroatoms. The van der Waals surface area contributed by atoms with Gasteiger partial charge in [-0.05, 0) is 118 Å². The van der Waals surface area contributed by atoms with Gasteiger partial charge in [-0.15, -0.1) is 0 Å². The summed E-state index contributed by atoms with van der Waals surface area (Å²) in [6, 6.07) is 0. The molecule has 0 radical (unpaired) electrons. The standard InChI is InChI=1S/C27H47NO5.Na.H/c1-16(6-5-11-28(4)15-24(32)33)19-7-8-20-25-21(14-23(31)27(19,20)3)26(2)10-9-18(29)12-17(26)13-22(25)30;;/h16-23,25,29-31H,5-15H2,1-4H3,(H,32,33);;/t16-,17+,18-,19-,20+,21+,22-,23+,25+,26+,27-;;/m1../s1. The third kappa shape index (κ3) is 5.04. The molecule has 0 aromatic carbocycles.